The monoisotopic (exact) mass is 582 g/mol. The Bertz CT molecular complexity index is 2030. The molecule has 2 heterocycles. The molecule has 0 saturated carbocycles. The standard InChI is InChI=1S/C24H25N3O2.C12H9N3/c1-5-24(3,4)19-14-18(29-17-9-7-6-8-10-17)15-22(23(19)28)27-25-20-12-11-16(2)13-21(20)26-27;1-2-5-9(6-3-1)10-7-4-8-11-12(10)14-15-13-11/h6-15,28H,5H2,1-4H3;1-8H,(H,13,14,15). The van der Waals surface area contributed by atoms with Crippen molar-refractivity contribution in [1.29, 1.82) is 0 Å². The molecule has 5 aromatic carbocycles. The number of phenolic OH excluding ortho intramolecular Hbond substituents is 1. The number of aryl methyl sites for hydroxylation is 1. The maximum atomic E-state index is 11.1. The Balaban J connectivity index is 0.000000190. The number of H-pyrrole nitrogens is 1. The van der Waals surface area contributed by atoms with Crippen molar-refractivity contribution < 1.29 is 9.84 Å². The molecule has 0 aliphatic heterocycles. The number of hydrogen-bond acceptors (Lipinski definition) is 6. The lowest BCUT2D eigenvalue weighted by Gasteiger charge is -2.26. The zero-order chi connectivity index (χ0) is 30.7. The first-order valence-electron chi connectivity index (χ1n) is 14.6. The van der Waals surface area contributed by atoms with Gasteiger partial charge in [0.2, 0.25) is 0 Å². The fraction of sp³-hybridized carbons (Fsp3) is 0.167. The fourth-order valence-corrected chi connectivity index (χ4v) is 4.99. The summed E-state index contributed by atoms with van der Waals surface area (Å²) in [4.78, 5) is 1.49. The maximum absolute atomic E-state index is 11.1. The molecule has 0 fully saturated rings. The van der Waals surface area contributed by atoms with E-state index in [0.29, 0.717) is 11.4 Å². The van der Waals surface area contributed by atoms with Crippen LogP contribution in [0, 0.1) is 6.92 Å². The highest BCUT2D eigenvalue weighted by Gasteiger charge is 2.26. The van der Waals surface area contributed by atoms with Gasteiger partial charge in [0.05, 0.1) is 0 Å². The molecule has 0 radical (unpaired) electrons. The Hall–Kier alpha value is -5.50. The zero-order valence-electron chi connectivity index (χ0n) is 25.2. The van der Waals surface area contributed by atoms with Gasteiger partial charge in [-0.3, -0.25) is 0 Å². The number of para-hydroxylation sites is 2. The van der Waals surface area contributed by atoms with E-state index < -0.39 is 0 Å². The lowest BCUT2D eigenvalue weighted by Crippen LogP contribution is -2.17. The summed E-state index contributed by atoms with van der Waals surface area (Å²) in [5.41, 5.74) is 7.85. The van der Waals surface area contributed by atoms with Gasteiger partial charge in [0, 0.05) is 17.2 Å². The SMILES string of the molecule is CCC(C)(C)c1cc(Oc2ccccc2)cc(-n2nc3ccc(C)cc3n2)c1O.c1ccc(-c2cccc3n[nH]nc23)cc1. The van der Waals surface area contributed by atoms with Crippen LogP contribution in [0.15, 0.2) is 109 Å². The molecule has 0 bridgehead atoms. The van der Waals surface area contributed by atoms with Crippen LogP contribution in [0.3, 0.4) is 0 Å². The van der Waals surface area contributed by atoms with E-state index in [2.05, 4.69) is 64.6 Å². The van der Waals surface area contributed by atoms with Crippen molar-refractivity contribution in [2.45, 2.75) is 39.5 Å². The van der Waals surface area contributed by atoms with Crippen LogP contribution in [0.1, 0.15) is 38.3 Å². The number of fused-ring (bicyclic) bond motifs is 2. The average Bonchev–Trinajstić information content (AvgIpc) is 3.70. The molecule has 0 spiro atoms. The van der Waals surface area contributed by atoms with E-state index in [1.54, 1.807) is 6.07 Å². The largest absolute Gasteiger partial charge is 0.505 e. The minimum Gasteiger partial charge on any atom is -0.505 e. The highest BCUT2D eigenvalue weighted by molar-refractivity contribution is 5.91. The van der Waals surface area contributed by atoms with Gasteiger partial charge < -0.3 is 9.84 Å². The number of phenols is 1. The molecule has 44 heavy (non-hydrogen) atoms. The number of rotatable bonds is 6. The summed E-state index contributed by atoms with van der Waals surface area (Å²) in [6.07, 6.45) is 0.864. The second kappa shape index (κ2) is 12.0. The maximum Gasteiger partial charge on any atom is 0.147 e. The van der Waals surface area contributed by atoms with Crippen molar-refractivity contribution in [3.8, 4) is 34.1 Å². The number of aromatic hydroxyl groups is 1. The predicted octanol–water partition coefficient (Wildman–Crippen LogP) is 8.54. The van der Waals surface area contributed by atoms with Crippen LogP contribution < -0.4 is 4.74 Å². The summed E-state index contributed by atoms with van der Waals surface area (Å²) < 4.78 is 6.09. The van der Waals surface area contributed by atoms with Gasteiger partial charge in [-0.1, -0.05) is 87.5 Å². The smallest absolute Gasteiger partial charge is 0.147 e. The van der Waals surface area contributed by atoms with Crippen molar-refractivity contribution in [2.24, 2.45) is 0 Å². The van der Waals surface area contributed by atoms with Crippen molar-refractivity contribution in [2.75, 3.05) is 0 Å². The molecular formula is C36H34N6O2. The number of benzene rings is 5. The van der Waals surface area contributed by atoms with Crippen molar-refractivity contribution in [1.82, 2.24) is 30.4 Å². The molecule has 7 aromatic rings. The second-order valence-corrected chi connectivity index (χ2v) is 11.3. The van der Waals surface area contributed by atoms with Gasteiger partial charge >= 0.3 is 0 Å². The van der Waals surface area contributed by atoms with Crippen LogP contribution in [0.4, 0.5) is 0 Å². The Morgan fingerprint density at radius 3 is 2.23 bits per heavy atom. The third-order valence-electron chi connectivity index (χ3n) is 7.84. The number of ether oxygens (including phenoxy) is 1. The lowest BCUT2D eigenvalue weighted by molar-refractivity contribution is 0.416. The van der Waals surface area contributed by atoms with Crippen molar-refractivity contribution in [3.05, 3.63) is 120 Å². The third kappa shape index (κ3) is 5.87. The molecule has 220 valence electrons. The molecule has 2 aromatic heterocycles. The first-order chi connectivity index (χ1) is 21.3. The number of nitrogens with one attached hydrogen (secondary N) is 1. The van der Waals surface area contributed by atoms with Crippen molar-refractivity contribution in [3.63, 3.8) is 0 Å². The van der Waals surface area contributed by atoms with Crippen molar-refractivity contribution >= 4 is 22.1 Å². The minimum atomic E-state index is -0.238. The van der Waals surface area contributed by atoms with Gasteiger partial charge in [0.1, 0.15) is 45.0 Å². The Morgan fingerprint density at radius 1 is 0.750 bits per heavy atom. The van der Waals surface area contributed by atoms with Gasteiger partial charge in [-0.05, 0) is 66.3 Å². The quantitative estimate of drug-likeness (QED) is 0.204. The van der Waals surface area contributed by atoms with Crippen LogP contribution in [-0.2, 0) is 5.41 Å². The topological polar surface area (TPSA) is 102 Å². The van der Waals surface area contributed by atoms with Gasteiger partial charge in [0.15, 0.2) is 0 Å². The Kier molecular flexibility index (Phi) is 7.81. The van der Waals surface area contributed by atoms with E-state index in [-0.39, 0.29) is 11.2 Å². The molecule has 0 aliphatic rings. The molecule has 8 heteroatoms. The molecule has 8 nitrogen and oxygen atoms in total. The fourth-order valence-electron chi connectivity index (χ4n) is 4.99. The summed E-state index contributed by atoms with van der Waals surface area (Å²) >= 11 is 0. The average molecular weight is 583 g/mol. The molecule has 2 N–H and O–H groups in total. The van der Waals surface area contributed by atoms with Crippen LogP contribution in [0.25, 0.3) is 38.9 Å². The summed E-state index contributed by atoms with van der Waals surface area (Å²) in [7, 11) is 0. The highest BCUT2D eigenvalue weighted by Crippen LogP contribution is 2.41. The van der Waals surface area contributed by atoms with E-state index in [1.165, 1.54) is 4.80 Å². The van der Waals surface area contributed by atoms with E-state index in [0.717, 1.165) is 56.5 Å². The van der Waals surface area contributed by atoms with E-state index in [1.807, 2.05) is 91.9 Å². The lowest BCUT2D eigenvalue weighted by atomic mass is 9.81. The summed E-state index contributed by atoms with van der Waals surface area (Å²) in [5.74, 6) is 1.55. The van der Waals surface area contributed by atoms with Gasteiger partial charge in [-0.25, -0.2) is 0 Å². The Morgan fingerprint density at radius 2 is 1.48 bits per heavy atom. The molecule has 0 unspecified atom stereocenters. The van der Waals surface area contributed by atoms with Gasteiger partial charge in [-0.2, -0.15) is 15.4 Å². The van der Waals surface area contributed by atoms with E-state index in [9.17, 15) is 5.11 Å². The second-order valence-electron chi connectivity index (χ2n) is 11.3. The van der Waals surface area contributed by atoms with Gasteiger partial charge in [-0.15, -0.1) is 15.0 Å². The van der Waals surface area contributed by atoms with Gasteiger partial charge in [0.25, 0.3) is 0 Å². The number of aromatic amines is 1. The molecule has 0 aliphatic carbocycles. The molecule has 0 saturated heterocycles. The van der Waals surface area contributed by atoms with Crippen LogP contribution >= 0.6 is 0 Å². The number of nitrogens with zero attached hydrogens (tertiary/aromatic N) is 5. The van der Waals surface area contributed by atoms with Crippen LogP contribution in [0.2, 0.25) is 0 Å². The van der Waals surface area contributed by atoms with Crippen LogP contribution in [0.5, 0.6) is 17.2 Å². The first-order valence-corrected chi connectivity index (χ1v) is 14.6. The number of aromatic nitrogens is 6. The predicted molar refractivity (Wildman–Crippen MR) is 174 cm³/mol. The molecule has 7 rings (SSSR count). The third-order valence-corrected chi connectivity index (χ3v) is 7.84. The van der Waals surface area contributed by atoms with E-state index >= 15 is 0 Å². The summed E-state index contributed by atoms with van der Waals surface area (Å²) in [6, 6.07) is 35.4. The minimum absolute atomic E-state index is 0.175. The highest BCUT2D eigenvalue weighted by atomic mass is 16.5. The number of hydrogen-bond donors (Lipinski definition) is 2. The van der Waals surface area contributed by atoms with Crippen LogP contribution in [-0.4, -0.2) is 35.5 Å². The molecule has 0 atom stereocenters. The normalized spacial score (nSPS) is 11.4. The Labute approximate surface area is 256 Å². The van der Waals surface area contributed by atoms with E-state index in [4.69, 9.17) is 4.74 Å². The summed E-state index contributed by atoms with van der Waals surface area (Å²) in [5, 5.41) is 31.2. The summed E-state index contributed by atoms with van der Waals surface area (Å²) in [6.45, 7) is 8.34. The molecular weight excluding hydrogens is 548 g/mol. The first kappa shape index (κ1) is 28.6. The zero-order valence-corrected chi connectivity index (χ0v) is 25.2. The molecule has 0 amide bonds.